The number of pyridine rings is 1. The number of hydrogen-bond acceptors (Lipinski definition) is 4. The van der Waals surface area contributed by atoms with E-state index in [4.69, 9.17) is 16.9 Å². The Labute approximate surface area is 102 Å². The van der Waals surface area contributed by atoms with Gasteiger partial charge in [-0.2, -0.15) is 5.26 Å². The van der Waals surface area contributed by atoms with Crippen molar-refractivity contribution in [3.63, 3.8) is 0 Å². The van der Waals surface area contributed by atoms with Crippen LogP contribution in [0.15, 0.2) is 34.7 Å². The summed E-state index contributed by atoms with van der Waals surface area (Å²) in [6.07, 6.45) is 3.55. The van der Waals surface area contributed by atoms with Crippen molar-refractivity contribution in [2.45, 2.75) is 10.2 Å². The largest absolute Gasteiger partial charge is 0.329 e. The number of imidazole rings is 1. The summed E-state index contributed by atoms with van der Waals surface area (Å²) in [6, 6.07) is 5.25. The molecule has 80 valence electrons. The third kappa shape index (κ3) is 2.35. The number of aryl methyl sites for hydroxylation is 1. The van der Waals surface area contributed by atoms with Gasteiger partial charge in [-0.15, -0.1) is 0 Å². The Bertz CT molecular complexity index is 558. The van der Waals surface area contributed by atoms with Gasteiger partial charge in [0.05, 0.1) is 11.6 Å². The van der Waals surface area contributed by atoms with E-state index in [1.807, 2.05) is 23.9 Å². The molecule has 0 radical (unpaired) electrons. The van der Waals surface area contributed by atoms with Gasteiger partial charge in [0.1, 0.15) is 10.2 Å². The van der Waals surface area contributed by atoms with E-state index in [1.54, 1.807) is 12.3 Å². The van der Waals surface area contributed by atoms with Gasteiger partial charge in [-0.05, 0) is 23.9 Å². The molecular weight excluding hydrogens is 244 g/mol. The summed E-state index contributed by atoms with van der Waals surface area (Å²) in [7, 11) is 1.89. The first-order chi connectivity index (χ1) is 7.69. The van der Waals surface area contributed by atoms with Gasteiger partial charge >= 0.3 is 0 Å². The fourth-order valence-corrected chi connectivity index (χ4v) is 2.23. The number of rotatable bonds is 2. The minimum absolute atomic E-state index is 0.316. The zero-order chi connectivity index (χ0) is 11.5. The highest BCUT2D eigenvalue weighted by atomic mass is 35.5. The maximum Gasteiger partial charge on any atom is 0.174 e. The molecule has 0 amide bonds. The second kappa shape index (κ2) is 4.56. The van der Waals surface area contributed by atoms with Crippen molar-refractivity contribution in [2.24, 2.45) is 7.05 Å². The minimum atomic E-state index is 0.316. The third-order valence-corrected chi connectivity index (χ3v) is 3.06. The van der Waals surface area contributed by atoms with Crippen LogP contribution >= 0.6 is 23.4 Å². The summed E-state index contributed by atoms with van der Waals surface area (Å²) in [6.45, 7) is 0. The van der Waals surface area contributed by atoms with Crippen LogP contribution in [0.25, 0.3) is 0 Å². The molecule has 2 rings (SSSR count). The van der Waals surface area contributed by atoms with Crippen LogP contribution in [0.5, 0.6) is 0 Å². The van der Waals surface area contributed by atoms with E-state index < -0.39 is 0 Å². The molecule has 0 unspecified atom stereocenters. The lowest BCUT2D eigenvalue weighted by molar-refractivity contribution is 0.788. The van der Waals surface area contributed by atoms with E-state index >= 15 is 0 Å². The molecule has 2 heterocycles. The molecule has 0 aliphatic heterocycles. The molecule has 0 aliphatic carbocycles. The van der Waals surface area contributed by atoms with Gasteiger partial charge < -0.3 is 4.57 Å². The smallest absolute Gasteiger partial charge is 0.174 e. The van der Waals surface area contributed by atoms with E-state index in [0.29, 0.717) is 15.7 Å². The van der Waals surface area contributed by atoms with Crippen LogP contribution in [-0.2, 0) is 7.05 Å². The molecule has 0 aromatic carbocycles. The zero-order valence-corrected chi connectivity index (χ0v) is 9.96. The van der Waals surface area contributed by atoms with E-state index in [0.717, 1.165) is 5.16 Å². The van der Waals surface area contributed by atoms with Crippen molar-refractivity contribution >= 4 is 23.4 Å². The Morgan fingerprint density at radius 3 is 2.94 bits per heavy atom. The Morgan fingerprint density at radius 1 is 1.50 bits per heavy atom. The molecule has 0 atom stereocenters. The van der Waals surface area contributed by atoms with Gasteiger partial charge in [-0.1, -0.05) is 11.6 Å². The van der Waals surface area contributed by atoms with Gasteiger partial charge in [0.25, 0.3) is 0 Å². The van der Waals surface area contributed by atoms with Crippen molar-refractivity contribution in [2.75, 3.05) is 0 Å². The highest BCUT2D eigenvalue weighted by molar-refractivity contribution is 7.99. The first-order valence-corrected chi connectivity index (χ1v) is 5.61. The normalized spacial score (nSPS) is 10.1. The van der Waals surface area contributed by atoms with Crippen LogP contribution in [-0.4, -0.2) is 14.5 Å². The van der Waals surface area contributed by atoms with Crippen LogP contribution in [0.4, 0.5) is 0 Å². The maximum atomic E-state index is 8.80. The van der Waals surface area contributed by atoms with Crippen LogP contribution < -0.4 is 0 Å². The van der Waals surface area contributed by atoms with Gasteiger partial charge in [-0.3, -0.25) is 0 Å². The Morgan fingerprint density at radius 2 is 2.31 bits per heavy atom. The molecule has 0 saturated heterocycles. The fraction of sp³-hybridized carbons (Fsp3) is 0.100. The average molecular weight is 251 g/mol. The highest BCUT2D eigenvalue weighted by Gasteiger charge is 2.06. The van der Waals surface area contributed by atoms with Gasteiger partial charge in [0.15, 0.2) is 5.16 Å². The minimum Gasteiger partial charge on any atom is -0.329 e. The SMILES string of the molecule is Cn1ccnc1Sc1cc(C#N)cc(Cl)n1. The van der Waals surface area contributed by atoms with Crippen molar-refractivity contribution in [1.82, 2.24) is 14.5 Å². The standard InChI is InChI=1S/C10H7ClN4S/c1-15-3-2-13-10(15)16-9-5-7(6-12)4-8(11)14-9/h2-5H,1H3. The van der Waals surface area contributed by atoms with E-state index in [2.05, 4.69) is 9.97 Å². The molecule has 2 aromatic heterocycles. The molecule has 6 heteroatoms. The summed E-state index contributed by atoms with van der Waals surface area (Å²) in [5.74, 6) is 0. The number of aromatic nitrogens is 3. The molecular formula is C10H7ClN4S. The predicted octanol–water partition coefficient (Wildman–Crippen LogP) is 2.49. The number of nitriles is 1. The van der Waals surface area contributed by atoms with Crippen LogP contribution in [0.3, 0.4) is 0 Å². The maximum absolute atomic E-state index is 8.80. The number of hydrogen-bond donors (Lipinski definition) is 0. The lowest BCUT2D eigenvalue weighted by Crippen LogP contribution is -1.90. The van der Waals surface area contributed by atoms with Crippen LogP contribution in [0.2, 0.25) is 5.15 Å². The quantitative estimate of drug-likeness (QED) is 0.769. The van der Waals surface area contributed by atoms with Crippen molar-refractivity contribution in [3.05, 3.63) is 35.2 Å². The second-order valence-corrected chi connectivity index (χ2v) is 4.43. The first-order valence-electron chi connectivity index (χ1n) is 4.42. The fourth-order valence-electron chi connectivity index (χ4n) is 1.13. The molecule has 0 aliphatic rings. The van der Waals surface area contributed by atoms with E-state index in [9.17, 15) is 0 Å². The monoisotopic (exact) mass is 250 g/mol. The summed E-state index contributed by atoms with van der Waals surface area (Å²) >= 11 is 7.18. The summed E-state index contributed by atoms with van der Waals surface area (Å²) < 4.78 is 1.87. The molecule has 0 spiro atoms. The predicted molar refractivity (Wildman–Crippen MR) is 61.3 cm³/mol. The molecule has 16 heavy (non-hydrogen) atoms. The molecule has 0 saturated carbocycles. The third-order valence-electron chi connectivity index (χ3n) is 1.87. The average Bonchev–Trinajstić information content (AvgIpc) is 2.63. The zero-order valence-electron chi connectivity index (χ0n) is 8.38. The van der Waals surface area contributed by atoms with E-state index in [-0.39, 0.29) is 0 Å². The van der Waals surface area contributed by atoms with E-state index in [1.165, 1.54) is 17.8 Å². The van der Waals surface area contributed by atoms with Gasteiger partial charge in [0.2, 0.25) is 0 Å². The van der Waals surface area contributed by atoms with Gasteiger partial charge in [-0.25, -0.2) is 9.97 Å². The Hall–Kier alpha value is -1.51. The Kier molecular flexibility index (Phi) is 3.13. The van der Waals surface area contributed by atoms with Gasteiger partial charge in [0, 0.05) is 19.4 Å². The van der Waals surface area contributed by atoms with Crippen LogP contribution in [0.1, 0.15) is 5.56 Å². The Balaban J connectivity index is 2.32. The lowest BCUT2D eigenvalue weighted by atomic mass is 10.3. The lowest BCUT2D eigenvalue weighted by Gasteiger charge is -2.01. The van der Waals surface area contributed by atoms with Crippen molar-refractivity contribution in [3.8, 4) is 6.07 Å². The summed E-state index contributed by atoms with van der Waals surface area (Å²) in [5, 5.41) is 10.6. The molecule has 2 aromatic rings. The summed E-state index contributed by atoms with van der Waals surface area (Å²) in [4.78, 5) is 8.28. The van der Waals surface area contributed by atoms with Crippen molar-refractivity contribution in [1.29, 1.82) is 5.26 Å². The molecule has 0 N–H and O–H groups in total. The summed E-state index contributed by atoms with van der Waals surface area (Å²) in [5.41, 5.74) is 0.497. The number of nitrogens with zero attached hydrogens (tertiary/aromatic N) is 4. The molecule has 0 fully saturated rings. The molecule has 0 bridgehead atoms. The highest BCUT2D eigenvalue weighted by Crippen LogP contribution is 2.26. The second-order valence-electron chi connectivity index (χ2n) is 3.05. The van der Waals surface area contributed by atoms with Crippen LogP contribution in [0, 0.1) is 11.3 Å². The molecule has 4 nitrogen and oxygen atoms in total. The first kappa shape index (κ1) is 11.0. The number of halogens is 1. The topological polar surface area (TPSA) is 54.5 Å². The van der Waals surface area contributed by atoms with Crippen molar-refractivity contribution < 1.29 is 0 Å².